The number of hydrogen-bond acceptors (Lipinski definition) is 10. The molecule has 0 bridgehead atoms. The summed E-state index contributed by atoms with van der Waals surface area (Å²) in [5.41, 5.74) is 5.67. The molecule has 50 heavy (non-hydrogen) atoms. The van der Waals surface area contributed by atoms with Crippen molar-refractivity contribution >= 4 is 81.3 Å². The van der Waals surface area contributed by atoms with Gasteiger partial charge >= 0.3 is 7.12 Å². The molecule has 0 atom stereocenters. The Balaban J connectivity index is 0.000000182. The summed E-state index contributed by atoms with van der Waals surface area (Å²) in [5, 5.41) is 21.1. The number of rotatable bonds is 6. The van der Waals surface area contributed by atoms with Crippen molar-refractivity contribution in [3.05, 3.63) is 124 Å². The van der Waals surface area contributed by atoms with Crippen LogP contribution in [0.15, 0.2) is 97.3 Å². The Morgan fingerprint density at radius 2 is 1.10 bits per heavy atom. The highest BCUT2D eigenvalue weighted by atomic mass is 35.5. The molecular formula is C34H30BCl3N6O6. The van der Waals surface area contributed by atoms with Gasteiger partial charge in [0.2, 0.25) is 0 Å². The third-order valence-electron chi connectivity index (χ3n) is 6.98. The van der Waals surface area contributed by atoms with Crippen LogP contribution in [0.4, 0.5) is 0 Å². The Labute approximate surface area is 302 Å². The standard InChI is InChI=1S/C17H14ClN3O2.C11H10ClN3O2.C6H6BClO2/c1-21(23-2)17(22)12-5-8-14-15(9-12)20-16(10-19-14)11-3-6-13(18)7-4-11;1-15(17-2)11(16)7-3-4-8-9(5-7)14-10(12)6-13-8;8-6-3-1-5(2-4-6)7(9)10/h3-10H,1-2H3;3-6H,1-2H3;1-4,9-10H. The number of nitrogens with zero attached hydrogens (tertiary/aromatic N) is 6. The molecule has 16 heteroatoms. The highest BCUT2D eigenvalue weighted by molar-refractivity contribution is 6.58. The summed E-state index contributed by atoms with van der Waals surface area (Å²) >= 11 is 17.2. The lowest BCUT2D eigenvalue weighted by molar-refractivity contribution is -0.0757. The number of aromatic nitrogens is 4. The van der Waals surface area contributed by atoms with Crippen LogP contribution in [-0.4, -0.2) is 87.4 Å². The molecule has 6 rings (SSSR count). The first-order chi connectivity index (χ1) is 23.9. The van der Waals surface area contributed by atoms with E-state index in [-0.39, 0.29) is 11.8 Å². The van der Waals surface area contributed by atoms with Crippen LogP contribution in [0.25, 0.3) is 33.3 Å². The van der Waals surface area contributed by atoms with E-state index in [2.05, 4.69) is 19.9 Å². The van der Waals surface area contributed by atoms with Crippen LogP contribution in [0.1, 0.15) is 20.7 Å². The molecule has 2 aromatic heterocycles. The third kappa shape index (κ3) is 10.2. The molecule has 6 aromatic rings. The van der Waals surface area contributed by atoms with Gasteiger partial charge in [-0.3, -0.25) is 29.2 Å². The van der Waals surface area contributed by atoms with Gasteiger partial charge in [-0.1, -0.05) is 59.1 Å². The zero-order valence-electron chi connectivity index (χ0n) is 27.2. The number of carbonyl (C=O) groups excluding carboxylic acids is 2. The number of hydrogen-bond donors (Lipinski definition) is 2. The van der Waals surface area contributed by atoms with E-state index in [0.717, 1.165) is 26.9 Å². The highest BCUT2D eigenvalue weighted by Gasteiger charge is 2.14. The van der Waals surface area contributed by atoms with Crippen LogP contribution in [0.5, 0.6) is 0 Å². The molecule has 0 fully saturated rings. The fourth-order valence-electron chi connectivity index (χ4n) is 4.19. The van der Waals surface area contributed by atoms with Crippen molar-refractivity contribution in [2.45, 2.75) is 0 Å². The summed E-state index contributed by atoms with van der Waals surface area (Å²) in [6.07, 6.45) is 3.17. The van der Waals surface area contributed by atoms with E-state index < -0.39 is 7.12 Å². The fraction of sp³-hybridized carbons (Fsp3) is 0.118. The Kier molecular flexibility index (Phi) is 13.5. The molecule has 0 aliphatic rings. The van der Waals surface area contributed by atoms with Crippen LogP contribution in [0, 0.1) is 0 Å². The minimum Gasteiger partial charge on any atom is -0.423 e. The van der Waals surface area contributed by atoms with Crippen LogP contribution < -0.4 is 5.46 Å². The monoisotopic (exact) mass is 734 g/mol. The van der Waals surface area contributed by atoms with Gasteiger partial charge in [-0.15, -0.1) is 0 Å². The van der Waals surface area contributed by atoms with Gasteiger partial charge in [-0.2, -0.15) is 0 Å². The van der Waals surface area contributed by atoms with Crippen molar-refractivity contribution in [1.82, 2.24) is 30.1 Å². The van der Waals surface area contributed by atoms with Crippen LogP contribution in [0.3, 0.4) is 0 Å². The minimum absolute atomic E-state index is 0.243. The molecule has 0 unspecified atom stereocenters. The molecule has 4 aromatic carbocycles. The SMILES string of the molecule is CON(C)C(=O)c1ccc2ncc(-c3ccc(Cl)cc3)nc2c1.CON(C)C(=O)c1ccc2ncc(Cl)nc2c1.OB(O)c1ccc(Cl)cc1. The van der Waals surface area contributed by atoms with Gasteiger partial charge in [0, 0.05) is 40.8 Å². The van der Waals surface area contributed by atoms with E-state index >= 15 is 0 Å². The predicted molar refractivity (Wildman–Crippen MR) is 194 cm³/mol. The van der Waals surface area contributed by atoms with Crippen molar-refractivity contribution in [3.8, 4) is 11.3 Å². The fourth-order valence-corrected chi connectivity index (χ4v) is 4.58. The molecule has 0 aliphatic heterocycles. The predicted octanol–water partition coefficient (Wildman–Crippen LogP) is 5.52. The smallest absolute Gasteiger partial charge is 0.423 e. The first-order valence-electron chi connectivity index (χ1n) is 14.6. The van der Waals surface area contributed by atoms with E-state index in [4.69, 9.17) is 54.5 Å². The van der Waals surface area contributed by atoms with Gasteiger partial charge in [-0.25, -0.2) is 20.1 Å². The first kappa shape index (κ1) is 38.1. The maximum atomic E-state index is 12.1. The van der Waals surface area contributed by atoms with Gasteiger partial charge < -0.3 is 10.0 Å². The molecule has 0 saturated carbocycles. The summed E-state index contributed by atoms with van der Waals surface area (Å²) in [6.45, 7) is 0. The summed E-state index contributed by atoms with van der Waals surface area (Å²) < 4.78 is 0. The average molecular weight is 736 g/mol. The first-order valence-corrected chi connectivity index (χ1v) is 15.7. The van der Waals surface area contributed by atoms with E-state index in [9.17, 15) is 9.59 Å². The zero-order valence-corrected chi connectivity index (χ0v) is 29.4. The largest absolute Gasteiger partial charge is 0.488 e. The molecule has 2 amide bonds. The molecule has 0 spiro atoms. The lowest BCUT2D eigenvalue weighted by atomic mass is 9.81. The van der Waals surface area contributed by atoms with Gasteiger partial charge in [0.25, 0.3) is 11.8 Å². The lowest BCUT2D eigenvalue weighted by Crippen LogP contribution is -2.29. The Bertz CT molecular complexity index is 2090. The second-order valence-corrected chi connectivity index (χ2v) is 11.5. The molecule has 0 saturated heterocycles. The van der Waals surface area contributed by atoms with Gasteiger partial charge in [0.15, 0.2) is 0 Å². The summed E-state index contributed by atoms with van der Waals surface area (Å²) in [4.78, 5) is 50.9. The molecule has 0 radical (unpaired) electrons. The topological polar surface area (TPSA) is 151 Å². The zero-order chi connectivity index (χ0) is 36.4. The van der Waals surface area contributed by atoms with E-state index in [1.165, 1.54) is 27.5 Å². The number of hydroxylamine groups is 4. The lowest BCUT2D eigenvalue weighted by Gasteiger charge is -2.13. The molecule has 2 heterocycles. The number of halogens is 3. The Hall–Kier alpha value is -4.73. The van der Waals surface area contributed by atoms with Crippen LogP contribution in [0.2, 0.25) is 15.2 Å². The van der Waals surface area contributed by atoms with E-state index in [0.29, 0.717) is 48.3 Å². The summed E-state index contributed by atoms with van der Waals surface area (Å²) in [7, 11) is 4.56. The summed E-state index contributed by atoms with van der Waals surface area (Å²) in [5.74, 6) is -0.496. The highest BCUT2D eigenvalue weighted by Crippen LogP contribution is 2.22. The molecule has 256 valence electrons. The number of fused-ring (bicyclic) bond motifs is 2. The van der Waals surface area contributed by atoms with E-state index in [1.807, 2.05) is 12.1 Å². The number of carbonyl (C=O) groups is 2. The molecule has 2 N–H and O–H groups in total. The van der Waals surface area contributed by atoms with Crippen LogP contribution in [-0.2, 0) is 9.68 Å². The molecule has 0 aliphatic carbocycles. The van der Waals surface area contributed by atoms with Gasteiger partial charge in [-0.05, 0) is 66.1 Å². The third-order valence-corrected chi connectivity index (χ3v) is 7.66. The quantitative estimate of drug-likeness (QED) is 0.165. The number of amides is 2. The van der Waals surface area contributed by atoms with Crippen molar-refractivity contribution in [2.75, 3.05) is 28.3 Å². The number of benzene rings is 4. The normalized spacial score (nSPS) is 10.4. The maximum absolute atomic E-state index is 12.1. The average Bonchev–Trinajstić information content (AvgIpc) is 3.13. The van der Waals surface area contributed by atoms with Crippen molar-refractivity contribution < 1.29 is 29.3 Å². The Morgan fingerprint density at radius 1 is 0.640 bits per heavy atom. The van der Waals surface area contributed by atoms with Gasteiger partial charge in [0.05, 0.1) is 54.4 Å². The van der Waals surface area contributed by atoms with Crippen molar-refractivity contribution in [2.24, 2.45) is 0 Å². The van der Waals surface area contributed by atoms with Crippen molar-refractivity contribution in [1.29, 1.82) is 0 Å². The molecular weight excluding hydrogens is 706 g/mol. The minimum atomic E-state index is -1.41. The van der Waals surface area contributed by atoms with Crippen molar-refractivity contribution in [3.63, 3.8) is 0 Å². The Morgan fingerprint density at radius 3 is 1.58 bits per heavy atom. The van der Waals surface area contributed by atoms with Crippen LogP contribution >= 0.6 is 34.8 Å². The molecule has 12 nitrogen and oxygen atoms in total. The van der Waals surface area contributed by atoms with Gasteiger partial charge in [0.1, 0.15) is 5.15 Å². The second kappa shape index (κ2) is 17.8. The van der Waals surface area contributed by atoms with E-state index in [1.54, 1.807) is 86.0 Å². The summed E-state index contributed by atoms with van der Waals surface area (Å²) in [6, 6.07) is 23.9. The maximum Gasteiger partial charge on any atom is 0.488 e. The second-order valence-electron chi connectivity index (χ2n) is 10.3.